The molecule has 4 nitrogen and oxygen atoms in total. The SMILES string of the molecule is Fc1cc(F)cc(CN2CCN(c3cnsn3)CC2)c1. The third-order valence-corrected chi connectivity index (χ3v) is 3.84. The van der Waals surface area contributed by atoms with Gasteiger partial charge in [-0.15, -0.1) is 0 Å². The zero-order valence-electron chi connectivity index (χ0n) is 10.8. The second-order valence-corrected chi connectivity index (χ2v) is 5.36. The molecule has 1 aliphatic rings. The zero-order chi connectivity index (χ0) is 13.9. The molecule has 3 rings (SSSR count). The molecular formula is C13H14F2N4S. The number of anilines is 1. The summed E-state index contributed by atoms with van der Waals surface area (Å²) in [5.74, 6) is -0.134. The van der Waals surface area contributed by atoms with Crippen LogP contribution in [0.4, 0.5) is 14.6 Å². The smallest absolute Gasteiger partial charge is 0.162 e. The van der Waals surface area contributed by atoms with Crippen LogP contribution in [-0.4, -0.2) is 39.8 Å². The van der Waals surface area contributed by atoms with Gasteiger partial charge in [0, 0.05) is 38.8 Å². The number of nitrogens with zero attached hydrogens (tertiary/aromatic N) is 4. The van der Waals surface area contributed by atoms with Crippen LogP contribution < -0.4 is 4.90 Å². The number of rotatable bonds is 3. The lowest BCUT2D eigenvalue weighted by atomic mass is 10.2. The number of aromatic nitrogens is 2. The normalized spacial score (nSPS) is 16.6. The Hall–Kier alpha value is -1.60. The van der Waals surface area contributed by atoms with Gasteiger partial charge in [0.2, 0.25) is 0 Å². The summed E-state index contributed by atoms with van der Waals surface area (Å²) >= 11 is 1.20. The Bertz CT molecular complexity index is 548. The first-order valence-corrected chi connectivity index (χ1v) is 7.13. The maximum atomic E-state index is 13.1. The molecule has 0 spiro atoms. The van der Waals surface area contributed by atoms with E-state index in [-0.39, 0.29) is 0 Å². The van der Waals surface area contributed by atoms with Gasteiger partial charge in [-0.3, -0.25) is 4.90 Å². The van der Waals surface area contributed by atoms with E-state index in [4.69, 9.17) is 0 Å². The van der Waals surface area contributed by atoms with Crippen molar-refractivity contribution in [3.05, 3.63) is 41.6 Å². The molecule has 1 aliphatic heterocycles. The van der Waals surface area contributed by atoms with Crippen LogP contribution in [0.25, 0.3) is 0 Å². The van der Waals surface area contributed by atoms with Gasteiger partial charge in [-0.1, -0.05) is 0 Å². The minimum absolute atomic E-state index is 0.521. The quantitative estimate of drug-likeness (QED) is 0.868. The van der Waals surface area contributed by atoms with E-state index in [2.05, 4.69) is 18.5 Å². The van der Waals surface area contributed by atoms with Gasteiger partial charge in [0.1, 0.15) is 11.6 Å². The van der Waals surface area contributed by atoms with Crippen molar-refractivity contribution >= 4 is 17.5 Å². The molecule has 0 N–H and O–H groups in total. The Labute approximate surface area is 120 Å². The van der Waals surface area contributed by atoms with Gasteiger partial charge < -0.3 is 4.90 Å². The summed E-state index contributed by atoms with van der Waals surface area (Å²) in [6.45, 7) is 3.95. The van der Waals surface area contributed by atoms with Crippen LogP contribution in [-0.2, 0) is 6.54 Å². The summed E-state index contributed by atoms with van der Waals surface area (Å²) in [7, 11) is 0. The van der Waals surface area contributed by atoms with E-state index < -0.39 is 11.6 Å². The minimum atomic E-state index is -0.521. The summed E-state index contributed by atoms with van der Waals surface area (Å²) < 4.78 is 34.5. The summed E-state index contributed by atoms with van der Waals surface area (Å²) in [6, 6.07) is 3.68. The molecule has 0 aliphatic carbocycles. The lowest BCUT2D eigenvalue weighted by molar-refractivity contribution is 0.249. The summed E-state index contributed by atoms with van der Waals surface area (Å²) in [5, 5.41) is 0. The van der Waals surface area contributed by atoms with E-state index in [1.165, 1.54) is 23.9 Å². The molecule has 1 aromatic heterocycles. The molecule has 20 heavy (non-hydrogen) atoms. The van der Waals surface area contributed by atoms with Crippen LogP contribution in [0.3, 0.4) is 0 Å². The molecule has 0 amide bonds. The van der Waals surface area contributed by atoms with Gasteiger partial charge in [-0.25, -0.2) is 8.78 Å². The molecule has 106 valence electrons. The van der Waals surface area contributed by atoms with Crippen molar-refractivity contribution in [2.24, 2.45) is 0 Å². The third kappa shape index (κ3) is 3.10. The van der Waals surface area contributed by atoms with Crippen molar-refractivity contribution in [1.82, 2.24) is 13.6 Å². The number of halogens is 2. The standard InChI is InChI=1S/C13H14F2N4S/c14-11-5-10(6-12(15)7-11)9-18-1-3-19(4-2-18)13-8-16-20-17-13/h5-8H,1-4,9H2. The summed E-state index contributed by atoms with van der Waals surface area (Å²) in [6.07, 6.45) is 1.77. The predicted molar refractivity (Wildman–Crippen MR) is 73.8 cm³/mol. The van der Waals surface area contributed by atoms with Gasteiger partial charge in [0.25, 0.3) is 0 Å². The Kier molecular flexibility index (Phi) is 3.88. The fourth-order valence-electron chi connectivity index (χ4n) is 2.39. The first kappa shape index (κ1) is 13.4. The molecule has 0 bridgehead atoms. The molecule has 0 radical (unpaired) electrons. The van der Waals surface area contributed by atoms with Gasteiger partial charge in [0.05, 0.1) is 17.9 Å². The predicted octanol–water partition coefficient (Wildman–Crippen LogP) is 2.14. The van der Waals surface area contributed by atoms with E-state index in [1.807, 2.05) is 0 Å². The molecule has 1 aromatic carbocycles. The van der Waals surface area contributed by atoms with Crippen LogP contribution in [0.2, 0.25) is 0 Å². The van der Waals surface area contributed by atoms with E-state index in [0.717, 1.165) is 38.1 Å². The monoisotopic (exact) mass is 296 g/mol. The van der Waals surface area contributed by atoms with Crippen molar-refractivity contribution in [2.75, 3.05) is 31.1 Å². The maximum Gasteiger partial charge on any atom is 0.162 e. The van der Waals surface area contributed by atoms with E-state index >= 15 is 0 Å². The van der Waals surface area contributed by atoms with Gasteiger partial charge in [0.15, 0.2) is 5.82 Å². The first-order valence-electron chi connectivity index (χ1n) is 6.40. The average Bonchev–Trinajstić information content (AvgIpc) is 2.92. The molecule has 0 atom stereocenters. The molecule has 7 heteroatoms. The second kappa shape index (κ2) is 5.80. The fourth-order valence-corrected chi connectivity index (χ4v) is 2.83. The van der Waals surface area contributed by atoms with Crippen LogP contribution in [0.1, 0.15) is 5.56 Å². The molecule has 1 saturated heterocycles. The van der Waals surface area contributed by atoms with Gasteiger partial charge in [-0.05, 0) is 17.7 Å². The Morgan fingerprint density at radius 1 is 1.05 bits per heavy atom. The summed E-state index contributed by atoms with van der Waals surface area (Å²) in [5.41, 5.74) is 0.672. The van der Waals surface area contributed by atoms with Crippen LogP contribution in [0.15, 0.2) is 24.4 Å². The Balaban J connectivity index is 1.58. The molecule has 2 aromatic rings. The molecule has 0 unspecified atom stereocenters. The molecule has 1 fully saturated rings. The lowest BCUT2D eigenvalue weighted by Gasteiger charge is -2.34. The number of benzene rings is 1. The highest BCUT2D eigenvalue weighted by molar-refractivity contribution is 6.99. The highest BCUT2D eigenvalue weighted by Crippen LogP contribution is 2.16. The number of hydrogen-bond acceptors (Lipinski definition) is 5. The zero-order valence-corrected chi connectivity index (χ0v) is 11.6. The average molecular weight is 296 g/mol. The molecule has 2 heterocycles. The van der Waals surface area contributed by atoms with Crippen LogP contribution in [0.5, 0.6) is 0 Å². The Morgan fingerprint density at radius 3 is 2.35 bits per heavy atom. The second-order valence-electron chi connectivity index (χ2n) is 4.81. The third-order valence-electron chi connectivity index (χ3n) is 3.37. The van der Waals surface area contributed by atoms with Gasteiger partial charge in [-0.2, -0.15) is 8.75 Å². The topological polar surface area (TPSA) is 32.3 Å². The highest BCUT2D eigenvalue weighted by Gasteiger charge is 2.19. The van der Waals surface area contributed by atoms with E-state index in [0.29, 0.717) is 12.1 Å². The van der Waals surface area contributed by atoms with Crippen LogP contribution >= 0.6 is 11.7 Å². The van der Waals surface area contributed by atoms with Crippen molar-refractivity contribution in [3.63, 3.8) is 0 Å². The minimum Gasteiger partial charge on any atom is -0.352 e. The largest absolute Gasteiger partial charge is 0.352 e. The van der Waals surface area contributed by atoms with Crippen molar-refractivity contribution in [2.45, 2.75) is 6.54 Å². The fraction of sp³-hybridized carbons (Fsp3) is 0.385. The van der Waals surface area contributed by atoms with Crippen molar-refractivity contribution < 1.29 is 8.78 Å². The van der Waals surface area contributed by atoms with Gasteiger partial charge >= 0.3 is 0 Å². The van der Waals surface area contributed by atoms with Crippen molar-refractivity contribution in [1.29, 1.82) is 0 Å². The highest BCUT2D eigenvalue weighted by atomic mass is 32.1. The molecular weight excluding hydrogens is 282 g/mol. The summed E-state index contributed by atoms with van der Waals surface area (Å²) in [4.78, 5) is 4.36. The maximum absolute atomic E-state index is 13.1. The number of hydrogen-bond donors (Lipinski definition) is 0. The lowest BCUT2D eigenvalue weighted by Crippen LogP contribution is -2.46. The van der Waals surface area contributed by atoms with Crippen molar-refractivity contribution in [3.8, 4) is 0 Å². The van der Waals surface area contributed by atoms with Crippen LogP contribution in [0, 0.1) is 11.6 Å². The number of piperazine rings is 1. The first-order chi connectivity index (χ1) is 9.70. The Morgan fingerprint density at radius 2 is 1.75 bits per heavy atom. The van der Waals surface area contributed by atoms with E-state index in [1.54, 1.807) is 6.20 Å². The molecule has 0 saturated carbocycles. The van der Waals surface area contributed by atoms with E-state index in [9.17, 15) is 8.78 Å².